The van der Waals surface area contributed by atoms with Crippen LogP contribution in [0.25, 0.3) is 0 Å². The van der Waals surface area contributed by atoms with Crippen molar-refractivity contribution in [2.75, 3.05) is 19.6 Å². The van der Waals surface area contributed by atoms with Crippen molar-refractivity contribution in [3.8, 4) is 0 Å². The fraction of sp³-hybridized carbons (Fsp3) is 0.500. The van der Waals surface area contributed by atoms with Crippen LogP contribution >= 0.6 is 11.7 Å². The molecule has 0 atom stereocenters. The highest BCUT2D eigenvalue weighted by atomic mass is 32.1. The van der Waals surface area contributed by atoms with Crippen LogP contribution in [-0.4, -0.2) is 49.8 Å². The third-order valence-corrected chi connectivity index (χ3v) is 4.73. The van der Waals surface area contributed by atoms with E-state index in [4.69, 9.17) is 0 Å². The Labute approximate surface area is 144 Å². The van der Waals surface area contributed by atoms with Crippen LogP contribution in [0, 0.1) is 6.92 Å². The summed E-state index contributed by atoms with van der Waals surface area (Å²) in [5.41, 5.74) is 1.05. The number of amides is 1. The first kappa shape index (κ1) is 16.9. The number of carbonyl (C=O) groups is 1. The maximum absolute atomic E-state index is 14.9. The van der Waals surface area contributed by atoms with Gasteiger partial charge in [0.15, 0.2) is 5.69 Å². The molecule has 2 aromatic rings. The Morgan fingerprint density at radius 2 is 2.17 bits per heavy atom. The summed E-state index contributed by atoms with van der Waals surface area (Å²) in [6, 6.07) is 3.93. The summed E-state index contributed by atoms with van der Waals surface area (Å²) < 4.78 is 22.6. The van der Waals surface area contributed by atoms with Gasteiger partial charge in [-0.1, -0.05) is 6.07 Å². The van der Waals surface area contributed by atoms with E-state index in [1.165, 1.54) is 6.20 Å². The van der Waals surface area contributed by atoms with Crippen molar-refractivity contribution in [1.82, 2.24) is 23.9 Å². The summed E-state index contributed by atoms with van der Waals surface area (Å²) >= 11 is 1.00. The fourth-order valence-corrected chi connectivity index (χ4v) is 3.13. The summed E-state index contributed by atoms with van der Waals surface area (Å²) in [4.78, 5) is 18.1. The fourth-order valence-electron chi connectivity index (χ4n) is 2.73. The monoisotopic (exact) mass is 349 g/mol. The summed E-state index contributed by atoms with van der Waals surface area (Å²) in [6.07, 6.45) is 3.91. The smallest absolute Gasteiger partial charge is 0.275 e. The number of piperidine rings is 1. The molecule has 24 heavy (non-hydrogen) atoms. The molecule has 1 N–H and O–H groups in total. The molecule has 0 bridgehead atoms. The van der Waals surface area contributed by atoms with Crippen LogP contribution in [0.2, 0.25) is 0 Å². The van der Waals surface area contributed by atoms with Crippen molar-refractivity contribution in [2.45, 2.75) is 32.0 Å². The number of likely N-dealkylation sites (tertiary alicyclic amines) is 1. The molecule has 3 heterocycles. The molecule has 0 saturated carbocycles. The lowest BCUT2D eigenvalue weighted by Crippen LogP contribution is -2.48. The highest BCUT2D eigenvalue weighted by Gasteiger charge is 2.36. The molecule has 1 aliphatic rings. The number of rotatable bonds is 5. The normalized spacial score (nSPS) is 17.0. The standard InChI is InChI=1S/C16H20FN5OS/c1-12-2-3-13(19-8-12)9-18-11-16(17)4-6-22(7-5-16)15(23)14-10-20-24-21-14/h2-3,8,10,18H,4-7,9,11H2,1H3. The maximum Gasteiger partial charge on any atom is 0.275 e. The largest absolute Gasteiger partial charge is 0.337 e. The molecule has 0 radical (unpaired) electrons. The zero-order chi connectivity index (χ0) is 17.0. The Balaban J connectivity index is 1.46. The average Bonchev–Trinajstić information content (AvgIpc) is 3.11. The SMILES string of the molecule is Cc1ccc(CNCC2(F)CCN(C(=O)c3cnsn3)CC2)nc1. The predicted molar refractivity (Wildman–Crippen MR) is 89.6 cm³/mol. The lowest BCUT2D eigenvalue weighted by Gasteiger charge is -2.36. The second-order valence-corrected chi connectivity index (χ2v) is 6.72. The minimum atomic E-state index is -1.29. The second kappa shape index (κ2) is 7.31. The van der Waals surface area contributed by atoms with E-state index in [1.54, 1.807) is 11.1 Å². The van der Waals surface area contributed by atoms with Crippen molar-refractivity contribution in [3.63, 3.8) is 0 Å². The van der Waals surface area contributed by atoms with Crippen LogP contribution in [0.4, 0.5) is 4.39 Å². The number of nitrogens with zero attached hydrogens (tertiary/aromatic N) is 4. The minimum absolute atomic E-state index is 0.164. The van der Waals surface area contributed by atoms with Crippen LogP contribution in [0.15, 0.2) is 24.5 Å². The number of carbonyl (C=O) groups excluding carboxylic acids is 1. The molecule has 2 aromatic heterocycles. The number of alkyl halides is 1. The first-order chi connectivity index (χ1) is 11.6. The van der Waals surface area contributed by atoms with Crippen LogP contribution in [0.5, 0.6) is 0 Å². The molecule has 0 spiro atoms. The van der Waals surface area contributed by atoms with Crippen molar-refractivity contribution < 1.29 is 9.18 Å². The molecule has 3 rings (SSSR count). The average molecular weight is 349 g/mol. The predicted octanol–water partition coefficient (Wildman–Crippen LogP) is 1.98. The van der Waals surface area contributed by atoms with Gasteiger partial charge in [-0.2, -0.15) is 8.75 Å². The van der Waals surface area contributed by atoms with Gasteiger partial charge in [-0.05, 0) is 18.6 Å². The number of halogens is 1. The highest BCUT2D eigenvalue weighted by Crippen LogP contribution is 2.26. The zero-order valence-electron chi connectivity index (χ0n) is 13.5. The quantitative estimate of drug-likeness (QED) is 0.894. The Bertz CT molecular complexity index is 668. The molecular formula is C16H20FN5OS. The Kier molecular flexibility index (Phi) is 5.15. The summed E-state index contributed by atoms with van der Waals surface area (Å²) in [5.74, 6) is -0.164. The molecule has 8 heteroatoms. The number of aromatic nitrogens is 3. The van der Waals surface area contributed by atoms with E-state index < -0.39 is 5.67 Å². The topological polar surface area (TPSA) is 71.0 Å². The van der Waals surface area contributed by atoms with Gasteiger partial charge in [-0.25, -0.2) is 4.39 Å². The van der Waals surface area contributed by atoms with Gasteiger partial charge in [0.2, 0.25) is 0 Å². The van der Waals surface area contributed by atoms with Crippen molar-refractivity contribution in [3.05, 3.63) is 41.5 Å². The maximum atomic E-state index is 14.9. The summed E-state index contributed by atoms with van der Waals surface area (Å²) in [5, 5.41) is 3.14. The number of pyridine rings is 1. The Hall–Kier alpha value is -1.93. The first-order valence-electron chi connectivity index (χ1n) is 7.94. The van der Waals surface area contributed by atoms with Gasteiger partial charge in [-0.3, -0.25) is 9.78 Å². The third kappa shape index (κ3) is 4.12. The van der Waals surface area contributed by atoms with E-state index in [9.17, 15) is 9.18 Å². The number of nitrogens with one attached hydrogen (secondary N) is 1. The van der Waals surface area contributed by atoms with Gasteiger partial charge in [-0.15, -0.1) is 0 Å². The van der Waals surface area contributed by atoms with Crippen LogP contribution in [0.1, 0.15) is 34.6 Å². The van der Waals surface area contributed by atoms with E-state index in [0.717, 1.165) is 23.0 Å². The first-order valence-corrected chi connectivity index (χ1v) is 8.67. The van der Waals surface area contributed by atoms with E-state index in [0.29, 0.717) is 38.2 Å². The zero-order valence-corrected chi connectivity index (χ0v) is 14.4. The van der Waals surface area contributed by atoms with Gasteiger partial charge >= 0.3 is 0 Å². The van der Waals surface area contributed by atoms with E-state index in [-0.39, 0.29) is 12.5 Å². The van der Waals surface area contributed by atoms with Gasteiger partial charge in [0.1, 0.15) is 5.67 Å². The van der Waals surface area contributed by atoms with E-state index >= 15 is 0 Å². The molecule has 6 nitrogen and oxygen atoms in total. The minimum Gasteiger partial charge on any atom is -0.337 e. The molecule has 1 amide bonds. The molecule has 0 aromatic carbocycles. The van der Waals surface area contributed by atoms with E-state index in [1.807, 2.05) is 19.1 Å². The van der Waals surface area contributed by atoms with Crippen LogP contribution < -0.4 is 5.32 Å². The summed E-state index contributed by atoms with van der Waals surface area (Å²) in [6.45, 7) is 3.59. The molecule has 128 valence electrons. The van der Waals surface area contributed by atoms with Gasteiger partial charge in [0, 0.05) is 45.2 Å². The van der Waals surface area contributed by atoms with Crippen molar-refractivity contribution >= 4 is 17.6 Å². The number of aryl methyl sites for hydroxylation is 1. The van der Waals surface area contributed by atoms with Crippen LogP contribution in [-0.2, 0) is 6.54 Å². The Morgan fingerprint density at radius 1 is 1.38 bits per heavy atom. The van der Waals surface area contributed by atoms with E-state index in [2.05, 4.69) is 19.0 Å². The van der Waals surface area contributed by atoms with Gasteiger partial charge in [0.25, 0.3) is 5.91 Å². The number of hydrogen-bond acceptors (Lipinski definition) is 6. The summed E-state index contributed by atoms with van der Waals surface area (Å²) in [7, 11) is 0. The highest BCUT2D eigenvalue weighted by molar-refractivity contribution is 6.99. The van der Waals surface area contributed by atoms with Crippen molar-refractivity contribution in [2.24, 2.45) is 0 Å². The molecule has 1 fully saturated rings. The van der Waals surface area contributed by atoms with Gasteiger partial charge in [0.05, 0.1) is 23.6 Å². The lowest BCUT2D eigenvalue weighted by molar-refractivity contribution is 0.0431. The molecule has 0 unspecified atom stereocenters. The lowest BCUT2D eigenvalue weighted by atomic mass is 9.93. The van der Waals surface area contributed by atoms with Gasteiger partial charge < -0.3 is 10.2 Å². The molecule has 0 aliphatic carbocycles. The molecule has 1 aliphatic heterocycles. The second-order valence-electron chi connectivity index (χ2n) is 6.17. The number of hydrogen-bond donors (Lipinski definition) is 1. The molecular weight excluding hydrogens is 329 g/mol. The molecule has 1 saturated heterocycles. The Morgan fingerprint density at radius 3 is 2.79 bits per heavy atom. The van der Waals surface area contributed by atoms with Crippen LogP contribution in [0.3, 0.4) is 0 Å². The third-order valence-electron chi connectivity index (χ3n) is 4.25. The van der Waals surface area contributed by atoms with Crippen molar-refractivity contribution in [1.29, 1.82) is 0 Å².